The van der Waals surface area contributed by atoms with Crippen molar-refractivity contribution in [2.24, 2.45) is 22.2 Å². The standard InChI is InChI=1S/C23H28O3/c1-14(24)20(26)23-11-9-22(10-12-23)19-6-3-15-13-16(25)4-5-17(15)18(19)7-8-21(22,23)2/h9,11,13-14,19,24H,3-8,10,12H2,1-2H3/t14?,19-,21+,22?,23+/m1/s1. The summed E-state index contributed by atoms with van der Waals surface area (Å²) in [5.41, 5.74) is 3.85. The van der Waals surface area contributed by atoms with Gasteiger partial charge in [-0.2, -0.15) is 0 Å². The predicted octanol–water partition coefficient (Wildman–Crippen LogP) is 4.07. The Morgan fingerprint density at radius 2 is 1.96 bits per heavy atom. The van der Waals surface area contributed by atoms with Gasteiger partial charge < -0.3 is 5.11 Å². The molecule has 5 atom stereocenters. The number of aliphatic hydroxyl groups is 1. The summed E-state index contributed by atoms with van der Waals surface area (Å²) in [6, 6.07) is 0. The zero-order valence-corrected chi connectivity index (χ0v) is 15.8. The van der Waals surface area contributed by atoms with Gasteiger partial charge in [-0.15, -0.1) is 0 Å². The number of carbonyl (C=O) groups excluding carboxylic acids is 2. The molecule has 5 aliphatic carbocycles. The number of fused-ring (bicyclic) bond motifs is 2. The van der Waals surface area contributed by atoms with Crippen LogP contribution in [-0.4, -0.2) is 22.8 Å². The minimum absolute atomic E-state index is 0.0198. The number of hydrogen-bond donors (Lipinski definition) is 1. The fraction of sp³-hybridized carbons (Fsp3) is 0.652. The molecule has 3 heteroatoms. The first-order valence-corrected chi connectivity index (χ1v) is 10.2. The van der Waals surface area contributed by atoms with Crippen molar-refractivity contribution in [1.29, 1.82) is 0 Å². The molecular weight excluding hydrogens is 324 g/mol. The Balaban J connectivity index is 1.62. The van der Waals surface area contributed by atoms with Gasteiger partial charge >= 0.3 is 0 Å². The van der Waals surface area contributed by atoms with Gasteiger partial charge in [0.2, 0.25) is 0 Å². The third-order valence-corrected chi connectivity index (χ3v) is 8.80. The average Bonchev–Trinajstić information content (AvgIpc) is 3.05. The van der Waals surface area contributed by atoms with E-state index in [1.165, 1.54) is 11.1 Å². The zero-order valence-electron chi connectivity index (χ0n) is 15.8. The van der Waals surface area contributed by atoms with Crippen molar-refractivity contribution in [1.82, 2.24) is 0 Å². The van der Waals surface area contributed by atoms with Crippen LogP contribution in [-0.2, 0) is 9.59 Å². The summed E-state index contributed by atoms with van der Waals surface area (Å²) in [7, 11) is 0. The van der Waals surface area contributed by atoms with Gasteiger partial charge in [0.25, 0.3) is 0 Å². The van der Waals surface area contributed by atoms with Gasteiger partial charge in [0, 0.05) is 11.8 Å². The van der Waals surface area contributed by atoms with Crippen LogP contribution in [0.15, 0.2) is 34.9 Å². The van der Waals surface area contributed by atoms with Crippen molar-refractivity contribution >= 4 is 11.6 Å². The van der Waals surface area contributed by atoms with E-state index in [-0.39, 0.29) is 22.4 Å². The van der Waals surface area contributed by atoms with E-state index in [9.17, 15) is 14.7 Å². The maximum atomic E-state index is 13.0. The molecule has 0 radical (unpaired) electrons. The third-order valence-electron chi connectivity index (χ3n) is 8.80. The number of Topliss-reactive ketones (excluding diaryl/α,β-unsaturated/α-hetero) is 1. The molecule has 1 N–H and O–H groups in total. The molecule has 5 aliphatic rings. The summed E-state index contributed by atoms with van der Waals surface area (Å²) in [5, 5.41) is 10.1. The van der Waals surface area contributed by atoms with Gasteiger partial charge in [-0.05, 0) is 80.4 Å². The average molecular weight is 352 g/mol. The topological polar surface area (TPSA) is 54.4 Å². The maximum absolute atomic E-state index is 13.0. The van der Waals surface area contributed by atoms with Crippen LogP contribution in [0.25, 0.3) is 0 Å². The summed E-state index contributed by atoms with van der Waals surface area (Å²) in [6.45, 7) is 3.94. The molecule has 26 heavy (non-hydrogen) atoms. The van der Waals surface area contributed by atoms with Crippen molar-refractivity contribution < 1.29 is 14.7 Å². The van der Waals surface area contributed by atoms with Gasteiger partial charge in [-0.1, -0.05) is 24.6 Å². The van der Waals surface area contributed by atoms with Crippen LogP contribution in [0.1, 0.15) is 65.2 Å². The van der Waals surface area contributed by atoms with Crippen molar-refractivity contribution in [3.05, 3.63) is 34.9 Å². The SMILES string of the molecule is CC(O)C(=O)[C@]12C=CC3(CC1)[C@@H]1CCC4=CC(=O)CCC4=C1CC[C@@]32C. The largest absolute Gasteiger partial charge is 0.386 e. The lowest BCUT2D eigenvalue weighted by molar-refractivity contribution is -0.141. The molecule has 2 saturated carbocycles. The summed E-state index contributed by atoms with van der Waals surface area (Å²) in [5.74, 6) is 0.806. The summed E-state index contributed by atoms with van der Waals surface area (Å²) in [4.78, 5) is 24.9. The van der Waals surface area contributed by atoms with Crippen LogP contribution in [0.4, 0.5) is 0 Å². The molecule has 0 aliphatic heterocycles. The monoisotopic (exact) mass is 352 g/mol. The number of rotatable bonds is 2. The highest BCUT2D eigenvalue weighted by Gasteiger charge is 2.72. The Labute approximate surface area is 155 Å². The highest BCUT2D eigenvalue weighted by Crippen LogP contribution is 2.77. The van der Waals surface area contributed by atoms with Crippen molar-refractivity contribution in [2.45, 2.75) is 71.3 Å². The summed E-state index contributed by atoms with van der Waals surface area (Å²) in [6.07, 6.45) is 13.2. The number of allylic oxidation sites excluding steroid dienone is 6. The Morgan fingerprint density at radius 1 is 1.15 bits per heavy atom. The van der Waals surface area contributed by atoms with E-state index in [4.69, 9.17) is 0 Å². The fourth-order valence-electron chi connectivity index (χ4n) is 7.49. The first-order valence-electron chi connectivity index (χ1n) is 10.2. The van der Waals surface area contributed by atoms with E-state index < -0.39 is 11.5 Å². The van der Waals surface area contributed by atoms with Crippen LogP contribution < -0.4 is 0 Å². The van der Waals surface area contributed by atoms with Gasteiger partial charge in [0.1, 0.15) is 6.10 Å². The normalized spacial score (nSPS) is 44.3. The molecule has 138 valence electrons. The van der Waals surface area contributed by atoms with E-state index in [1.54, 1.807) is 12.5 Å². The Hall–Kier alpha value is -1.48. The van der Waals surface area contributed by atoms with Gasteiger partial charge in [-0.3, -0.25) is 9.59 Å². The first kappa shape index (κ1) is 16.7. The summed E-state index contributed by atoms with van der Waals surface area (Å²) >= 11 is 0. The molecule has 0 aromatic carbocycles. The van der Waals surface area contributed by atoms with E-state index in [1.807, 2.05) is 6.08 Å². The molecule has 2 fully saturated rings. The molecule has 0 spiro atoms. The van der Waals surface area contributed by atoms with E-state index in [2.05, 4.69) is 19.1 Å². The number of carbonyl (C=O) groups is 2. The Bertz CT molecular complexity index is 813. The maximum Gasteiger partial charge on any atom is 0.171 e. The molecule has 5 rings (SSSR count). The third kappa shape index (κ3) is 1.69. The Kier molecular flexibility index (Phi) is 3.25. The molecule has 0 aromatic heterocycles. The van der Waals surface area contributed by atoms with Gasteiger partial charge in [0.15, 0.2) is 11.6 Å². The summed E-state index contributed by atoms with van der Waals surface area (Å²) < 4.78 is 0. The quantitative estimate of drug-likeness (QED) is 0.762. The molecule has 2 bridgehead atoms. The molecule has 0 aromatic rings. The minimum atomic E-state index is -0.893. The number of aliphatic hydroxyl groups excluding tert-OH is 1. The second kappa shape index (κ2) is 5.07. The molecular formula is C23H28O3. The zero-order chi connectivity index (χ0) is 18.3. The lowest BCUT2D eigenvalue weighted by atomic mass is 9.47. The second-order valence-corrected chi connectivity index (χ2v) is 9.45. The molecule has 0 saturated heterocycles. The van der Waals surface area contributed by atoms with Crippen LogP contribution in [0.5, 0.6) is 0 Å². The van der Waals surface area contributed by atoms with Crippen LogP contribution in [0, 0.1) is 22.2 Å². The lowest BCUT2D eigenvalue weighted by Crippen LogP contribution is -2.52. The highest BCUT2D eigenvalue weighted by molar-refractivity contribution is 5.94. The van der Waals surface area contributed by atoms with Crippen LogP contribution in [0.2, 0.25) is 0 Å². The molecule has 3 nitrogen and oxygen atoms in total. The highest BCUT2D eigenvalue weighted by atomic mass is 16.3. The Morgan fingerprint density at radius 3 is 2.65 bits per heavy atom. The van der Waals surface area contributed by atoms with E-state index in [0.717, 1.165) is 44.9 Å². The second-order valence-electron chi connectivity index (χ2n) is 9.45. The van der Waals surface area contributed by atoms with Crippen LogP contribution in [0.3, 0.4) is 0 Å². The van der Waals surface area contributed by atoms with Crippen LogP contribution >= 0.6 is 0 Å². The van der Waals surface area contributed by atoms with Crippen molar-refractivity contribution in [2.75, 3.05) is 0 Å². The molecule has 2 unspecified atom stereocenters. The number of ketones is 2. The van der Waals surface area contributed by atoms with Gasteiger partial charge in [0.05, 0.1) is 5.41 Å². The van der Waals surface area contributed by atoms with E-state index in [0.29, 0.717) is 12.3 Å². The molecule has 0 heterocycles. The van der Waals surface area contributed by atoms with Gasteiger partial charge in [-0.25, -0.2) is 0 Å². The first-order chi connectivity index (χ1) is 12.3. The lowest BCUT2D eigenvalue weighted by Gasteiger charge is -2.55. The minimum Gasteiger partial charge on any atom is -0.386 e. The number of hydrogen-bond acceptors (Lipinski definition) is 3. The van der Waals surface area contributed by atoms with E-state index >= 15 is 0 Å². The molecule has 0 amide bonds. The fourth-order valence-corrected chi connectivity index (χ4v) is 7.49. The van der Waals surface area contributed by atoms with Crippen molar-refractivity contribution in [3.63, 3.8) is 0 Å². The van der Waals surface area contributed by atoms with Crippen molar-refractivity contribution in [3.8, 4) is 0 Å². The predicted molar refractivity (Wildman–Crippen MR) is 99.3 cm³/mol. The smallest absolute Gasteiger partial charge is 0.171 e.